The molecule has 0 spiro atoms. The van der Waals surface area contributed by atoms with Gasteiger partial charge in [0.25, 0.3) is 0 Å². The number of phenols is 1. The second-order valence-electron chi connectivity index (χ2n) is 8.39. The molecule has 4 aromatic rings. The molecule has 7 nitrogen and oxygen atoms in total. The van der Waals surface area contributed by atoms with E-state index in [9.17, 15) is 9.90 Å². The number of carbonyl (C=O) groups excluding carboxylic acids is 1. The number of nitrogens with two attached hydrogens (primary N) is 1. The lowest BCUT2D eigenvalue weighted by molar-refractivity contribution is -0.118. The van der Waals surface area contributed by atoms with Crippen LogP contribution in [0.15, 0.2) is 66.9 Å². The highest BCUT2D eigenvalue weighted by atomic mass is 16.3. The fraction of sp³-hybridized carbons (Fsp3) is 0.259. The summed E-state index contributed by atoms with van der Waals surface area (Å²) in [6.07, 6.45) is 5.11. The number of amides is 1. The van der Waals surface area contributed by atoms with Crippen LogP contribution in [-0.4, -0.2) is 39.1 Å². The molecule has 1 amide bonds. The van der Waals surface area contributed by atoms with E-state index < -0.39 is 0 Å². The molecule has 0 unspecified atom stereocenters. The summed E-state index contributed by atoms with van der Waals surface area (Å²) in [5, 5.41) is 11.2. The molecule has 5 rings (SSSR count). The number of aromatic hydroxyl groups is 1. The quantitative estimate of drug-likeness (QED) is 0.462. The monoisotopic (exact) mass is 455 g/mol. The minimum Gasteiger partial charge on any atom is -0.507 e. The van der Waals surface area contributed by atoms with E-state index in [1.54, 1.807) is 12.3 Å². The summed E-state index contributed by atoms with van der Waals surface area (Å²) in [6, 6.07) is 19.1. The van der Waals surface area contributed by atoms with Gasteiger partial charge in [-0.05, 0) is 68.1 Å². The molecule has 0 saturated carbocycles. The van der Waals surface area contributed by atoms with E-state index >= 15 is 0 Å². The van der Waals surface area contributed by atoms with Crippen LogP contribution in [-0.2, 0) is 11.2 Å². The Labute approximate surface area is 199 Å². The number of phenolic OH excluding ortho intramolecular Hbond substituents is 1. The van der Waals surface area contributed by atoms with Crippen LogP contribution in [0, 0.1) is 6.92 Å². The molecule has 7 heteroatoms. The highest BCUT2D eigenvalue weighted by Crippen LogP contribution is 2.33. The lowest BCUT2D eigenvalue weighted by atomic mass is 10.1. The van der Waals surface area contributed by atoms with Gasteiger partial charge in [0, 0.05) is 36.8 Å². The Balaban J connectivity index is 0.000000210. The third-order valence-corrected chi connectivity index (χ3v) is 5.74. The minimum atomic E-state index is -0.282. The van der Waals surface area contributed by atoms with Crippen molar-refractivity contribution in [2.24, 2.45) is 5.73 Å². The summed E-state index contributed by atoms with van der Waals surface area (Å²) in [5.74, 6) is 1.50. The molecule has 34 heavy (non-hydrogen) atoms. The second kappa shape index (κ2) is 10.7. The predicted octanol–water partition coefficient (Wildman–Crippen LogP) is 4.41. The molecule has 1 aliphatic heterocycles. The number of benzene rings is 2. The topological polar surface area (TPSA) is 105 Å². The molecule has 1 aliphatic rings. The van der Waals surface area contributed by atoms with Crippen molar-refractivity contribution in [1.29, 1.82) is 0 Å². The zero-order valence-corrected chi connectivity index (χ0v) is 19.3. The van der Waals surface area contributed by atoms with E-state index in [2.05, 4.69) is 35.0 Å². The second-order valence-corrected chi connectivity index (χ2v) is 8.39. The van der Waals surface area contributed by atoms with Crippen molar-refractivity contribution in [3.8, 4) is 17.1 Å². The van der Waals surface area contributed by atoms with Gasteiger partial charge in [0.2, 0.25) is 5.91 Å². The smallest absolute Gasteiger partial charge is 0.217 e. The number of carbonyl (C=O) groups is 1. The SMILES string of the molecule is Cc1ccc2c(N3CCCC3)nc(-c3ccccc3O)nc2c1.NC(=O)CCc1ccccn1. The van der Waals surface area contributed by atoms with Crippen molar-refractivity contribution < 1.29 is 9.90 Å². The fourth-order valence-corrected chi connectivity index (χ4v) is 3.97. The normalized spacial score (nSPS) is 12.9. The summed E-state index contributed by atoms with van der Waals surface area (Å²) in [4.78, 5) is 26.2. The summed E-state index contributed by atoms with van der Waals surface area (Å²) in [5.41, 5.74) is 8.66. The van der Waals surface area contributed by atoms with Gasteiger partial charge in [0.15, 0.2) is 5.82 Å². The minimum absolute atomic E-state index is 0.215. The fourth-order valence-electron chi connectivity index (χ4n) is 3.97. The molecule has 3 N–H and O–H groups in total. The number of para-hydroxylation sites is 1. The van der Waals surface area contributed by atoms with Gasteiger partial charge >= 0.3 is 0 Å². The van der Waals surface area contributed by atoms with E-state index in [4.69, 9.17) is 15.7 Å². The van der Waals surface area contributed by atoms with Gasteiger partial charge in [0.1, 0.15) is 11.6 Å². The average molecular weight is 456 g/mol. The Morgan fingerprint density at radius 1 is 1.03 bits per heavy atom. The first-order valence-electron chi connectivity index (χ1n) is 11.5. The highest BCUT2D eigenvalue weighted by molar-refractivity contribution is 5.92. The molecular weight excluding hydrogens is 426 g/mol. The average Bonchev–Trinajstić information content (AvgIpc) is 3.38. The molecule has 0 bridgehead atoms. The number of anilines is 1. The van der Waals surface area contributed by atoms with Crippen molar-refractivity contribution in [2.75, 3.05) is 18.0 Å². The predicted molar refractivity (Wildman–Crippen MR) is 135 cm³/mol. The van der Waals surface area contributed by atoms with Crippen LogP contribution in [0.5, 0.6) is 5.75 Å². The van der Waals surface area contributed by atoms with Gasteiger partial charge < -0.3 is 15.7 Å². The van der Waals surface area contributed by atoms with Crippen LogP contribution >= 0.6 is 0 Å². The van der Waals surface area contributed by atoms with Gasteiger partial charge in [-0.3, -0.25) is 9.78 Å². The first-order chi connectivity index (χ1) is 16.5. The maximum absolute atomic E-state index is 10.4. The van der Waals surface area contributed by atoms with Crippen LogP contribution in [0.4, 0.5) is 5.82 Å². The largest absolute Gasteiger partial charge is 0.507 e. The number of fused-ring (bicyclic) bond motifs is 1. The van der Waals surface area contributed by atoms with E-state index in [1.807, 2.05) is 36.4 Å². The molecule has 1 saturated heterocycles. The van der Waals surface area contributed by atoms with Crippen LogP contribution in [0.3, 0.4) is 0 Å². The number of hydrogen-bond acceptors (Lipinski definition) is 6. The number of pyridine rings is 1. The van der Waals surface area contributed by atoms with Gasteiger partial charge in [0.05, 0.1) is 11.1 Å². The zero-order chi connectivity index (χ0) is 23.9. The Bertz CT molecular complexity index is 1270. The Hall–Kier alpha value is -4.00. The first kappa shape index (κ1) is 23.2. The molecule has 2 aromatic carbocycles. The Morgan fingerprint density at radius 3 is 2.50 bits per heavy atom. The van der Waals surface area contributed by atoms with Gasteiger partial charge in [-0.1, -0.05) is 24.3 Å². The lowest BCUT2D eigenvalue weighted by Gasteiger charge is -2.19. The van der Waals surface area contributed by atoms with E-state index in [1.165, 1.54) is 18.4 Å². The molecule has 3 heterocycles. The highest BCUT2D eigenvalue weighted by Gasteiger charge is 2.19. The van der Waals surface area contributed by atoms with Crippen molar-refractivity contribution in [3.05, 3.63) is 78.1 Å². The van der Waals surface area contributed by atoms with Gasteiger partial charge in [-0.2, -0.15) is 0 Å². The first-order valence-corrected chi connectivity index (χ1v) is 11.5. The van der Waals surface area contributed by atoms with E-state index in [0.717, 1.165) is 35.5 Å². The van der Waals surface area contributed by atoms with E-state index in [0.29, 0.717) is 24.2 Å². The van der Waals surface area contributed by atoms with Gasteiger partial charge in [-0.25, -0.2) is 9.97 Å². The molecule has 2 aromatic heterocycles. The van der Waals surface area contributed by atoms with E-state index in [-0.39, 0.29) is 11.7 Å². The summed E-state index contributed by atoms with van der Waals surface area (Å²) >= 11 is 0. The molecule has 0 aliphatic carbocycles. The molecular formula is C27H29N5O2. The molecule has 0 radical (unpaired) electrons. The Kier molecular flexibility index (Phi) is 7.32. The summed E-state index contributed by atoms with van der Waals surface area (Å²) in [7, 11) is 0. The molecule has 174 valence electrons. The van der Waals surface area contributed by atoms with Crippen LogP contribution < -0.4 is 10.6 Å². The summed E-state index contributed by atoms with van der Waals surface area (Å²) in [6.45, 7) is 4.12. The van der Waals surface area contributed by atoms with Crippen LogP contribution in [0.1, 0.15) is 30.5 Å². The zero-order valence-electron chi connectivity index (χ0n) is 19.3. The van der Waals surface area contributed by atoms with Crippen LogP contribution in [0.25, 0.3) is 22.3 Å². The third-order valence-electron chi connectivity index (χ3n) is 5.74. The Morgan fingerprint density at radius 2 is 1.79 bits per heavy atom. The van der Waals surface area contributed by atoms with Gasteiger partial charge in [-0.15, -0.1) is 0 Å². The van der Waals surface area contributed by atoms with Crippen molar-refractivity contribution in [2.45, 2.75) is 32.6 Å². The number of primary amides is 1. The number of aromatic nitrogens is 3. The third kappa shape index (κ3) is 5.67. The van der Waals surface area contributed by atoms with Crippen molar-refractivity contribution in [3.63, 3.8) is 0 Å². The maximum Gasteiger partial charge on any atom is 0.217 e. The number of rotatable bonds is 5. The number of hydrogen-bond donors (Lipinski definition) is 2. The van der Waals surface area contributed by atoms with Crippen molar-refractivity contribution in [1.82, 2.24) is 15.0 Å². The molecule has 0 atom stereocenters. The molecule has 1 fully saturated rings. The number of nitrogens with zero attached hydrogens (tertiary/aromatic N) is 4. The standard InChI is InChI=1S/C19H19N3O.C8H10N2O/c1-13-8-9-14-16(12-13)20-18(15-6-2-3-7-17(15)23)21-19(14)22-10-4-5-11-22;9-8(11)5-4-7-3-1-2-6-10-7/h2-3,6-9,12,23H,4-5,10-11H2,1H3;1-3,6H,4-5H2,(H2,9,11). The van der Waals surface area contributed by atoms with Crippen LogP contribution in [0.2, 0.25) is 0 Å². The summed E-state index contributed by atoms with van der Waals surface area (Å²) < 4.78 is 0. The maximum atomic E-state index is 10.4. The number of aryl methyl sites for hydroxylation is 2. The lowest BCUT2D eigenvalue weighted by Crippen LogP contribution is -2.20. The van der Waals surface area contributed by atoms with Crippen molar-refractivity contribution >= 4 is 22.6 Å².